The molecule has 0 bridgehead atoms. The zero-order valence-electron chi connectivity index (χ0n) is 23.8. The number of hydrogen-bond donors (Lipinski definition) is 0. The lowest BCUT2D eigenvalue weighted by molar-refractivity contribution is 0.704. The second kappa shape index (κ2) is 12.0. The number of benzene rings is 2. The van der Waals surface area contributed by atoms with Gasteiger partial charge in [-0.25, -0.2) is 0 Å². The average molecular weight is 525 g/mol. The quantitative estimate of drug-likeness (QED) is 0.356. The zero-order chi connectivity index (χ0) is 27.3. The molecule has 0 heterocycles. The van der Waals surface area contributed by atoms with E-state index < -0.39 is 0 Å². The molecular weight excluding hydrogens is 484 g/mol. The molecule has 2 aromatic rings. The van der Waals surface area contributed by atoms with Crippen molar-refractivity contribution in [1.82, 2.24) is 0 Å². The monoisotopic (exact) mass is 524 g/mol. The predicted molar refractivity (Wildman–Crippen MR) is 171 cm³/mol. The summed E-state index contributed by atoms with van der Waals surface area (Å²) >= 11 is 0. The van der Waals surface area contributed by atoms with Gasteiger partial charge >= 0.3 is 0 Å². The van der Waals surface area contributed by atoms with Crippen LogP contribution in [0.4, 0.5) is 11.4 Å². The van der Waals surface area contributed by atoms with E-state index in [2.05, 4.69) is 151 Å². The van der Waals surface area contributed by atoms with Crippen LogP contribution in [-0.4, -0.2) is 12.1 Å². The standard InChI is InChI=1S/C38H40N2/c1-29-11-9-17-37(27-29)39(33-13-5-3-6-14-33)35-23-19-31(20-24-35)32-21-25-36(26-22-32)40(34-15-7-4-8-16-34)38-18-10-12-30(2)28-38/h3,5-7,9-13,15-19,21-25,27-28,31,33,36H,4,8,14,20,26H2,1-2H3. The van der Waals surface area contributed by atoms with Crippen LogP contribution >= 0.6 is 0 Å². The minimum absolute atomic E-state index is 0.321. The molecule has 3 atom stereocenters. The first kappa shape index (κ1) is 26.2. The molecule has 6 rings (SSSR count). The maximum atomic E-state index is 2.52. The molecule has 2 heteroatoms. The van der Waals surface area contributed by atoms with Gasteiger partial charge in [0.1, 0.15) is 0 Å². The number of rotatable bonds is 7. The average Bonchev–Trinajstić information content (AvgIpc) is 3.00. The molecule has 0 saturated carbocycles. The molecule has 0 aliphatic heterocycles. The van der Waals surface area contributed by atoms with Crippen LogP contribution in [0.15, 0.2) is 144 Å². The first-order chi connectivity index (χ1) is 19.7. The Morgan fingerprint density at radius 1 is 0.600 bits per heavy atom. The molecule has 4 aliphatic rings. The van der Waals surface area contributed by atoms with Gasteiger partial charge in [-0.3, -0.25) is 0 Å². The van der Waals surface area contributed by atoms with Crippen LogP contribution in [-0.2, 0) is 0 Å². The van der Waals surface area contributed by atoms with Crippen molar-refractivity contribution in [3.8, 4) is 0 Å². The summed E-state index contributed by atoms with van der Waals surface area (Å²) in [6, 6.07) is 18.5. The Morgan fingerprint density at radius 2 is 1.32 bits per heavy atom. The number of aryl methyl sites for hydroxylation is 2. The summed E-state index contributed by atoms with van der Waals surface area (Å²) in [4.78, 5) is 5.03. The van der Waals surface area contributed by atoms with E-state index in [0.29, 0.717) is 18.0 Å². The molecule has 3 unspecified atom stereocenters. The van der Waals surface area contributed by atoms with Crippen molar-refractivity contribution in [2.75, 3.05) is 9.80 Å². The highest BCUT2D eigenvalue weighted by atomic mass is 15.2. The fourth-order valence-corrected chi connectivity index (χ4v) is 6.28. The van der Waals surface area contributed by atoms with E-state index in [1.165, 1.54) is 39.5 Å². The largest absolute Gasteiger partial charge is 0.335 e. The highest BCUT2D eigenvalue weighted by Gasteiger charge is 2.25. The topological polar surface area (TPSA) is 6.48 Å². The Kier molecular flexibility index (Phi) is 7.86. The molecular formula is C38H40N2. The first-order valence-corrected chi connectivity index (χ1v) is 14.8. The van der Waals surface area contributed by atoms with Crippen molar-refractivity contribution in [3.05, 3.63) is 156 Å². The van der Waals surface area contributed by atoms with Crippen LogP contribution in [0.25, 0.3) is 0 Å². The van der Waals surface area contributed by atoms with Crippen molar-refractivity contribution < 1.29 is 0 Å². The molecule has 0 fully saturated rings. The van der Waals surface area contributed by atoms with Gasteiger partial charge in [0.25, 0.3) is 0 Å². The summed E-state index contributed by atoms with van der Waals surface area (Å²) < 4.78 is 0. The lowest BCUT2D eigenvalue weighted by Crippen LogP contribution is -2.34. The van der Waals surface area contributed by atoms with Crippen LogP contribution in [0.5, 0.6) is 0 Å². The lowest BCUT2D eigenvalue weighted by atomic mass is 9.86. The molecule has 0 spiro atoms. The van der Waals surface area contributed by atoms with Crippen molar-refractivity contribution >= 4 is 11.4 Å². The van der Waals surface area contributed by atoms with E-state index in [9.17, 15) is 0 Å². The van der Waals surface area contributed by atoms with E-state index >= 15 is 0 Å². The van der Waals surface area contributed by atoms with E-state index in [-0.39, 0.29) is 0 Å². The van der Waals surface area contributed by atoms with Gasteiger partial charge in [0.05, 0.1) is 12.1 Å². The van der Waals surface area contributed by atoms with E-state index in [4.69, 9.17) is 0 Å². The van der Waals surface area contributed by atoms with Crippen LogP contribution in [0.2, 0.25) is 0 Å². The van der Waals surface area contributed by atoms with Gasteiger partial charge in [0.2, 0.25) is 0 Å². The van der Waals surface area contributed by atoms with Gasteiger partial charge in [-0.15, -0.1) is 0 Å². The summed E-state index contributed by atoms with van der Waals surface area (Å²) in [5.41, 5.74) is 9.18. The predicted octanol–water partition coefficient (Wildman–Crippen LogP) is 9.45. The number of nitrogens with zero attached hydrogens (tertiary/aromatic N) is 2. The molecule has 0 aromatic heterocycles. The van der Waals surface area contributed by atoms with Crippen molar-refractivity contribution in [3.63, 3.8) is 0 Å². The molecule has 0 saturated heterocycles. The summed E-state index contributed by atoms with van der Waals surface area (Å²) in [5, 5.41) is 0. The van der Waals surface area contributed by atoms with Gasteiger partial charge < -0.3 is 9.80 Å². The highest BCUT2D eigenvalue weighted by molar-refractivity contribution is 5.61. The minimum Gasteiger partial charge on any atom is -0.335 e. The number of anilines is 2. The normalized spacial score (nSPS) is 23.4. The zero-order valence-corrected chi connectivity index (χ0v) is 23.8. The van der Waals surface area contributed by atoms with Gasteiger partial charge in [-0.05, 0) is 99.1 Å². The Morgan fingerprint density at radius 3 is 1.88 bits per heavy atom. The Labute approximate surface area is 240 Å². The van der Waals surface area contributed by atoms with Crippen LogP contribution in [0, 0.1) is 19.8 Å². The molecule has 4 aliphatic carbocycles. The molecule has 2 aromatic carbocycles. The van der Waals surface area contributed by atoms with Gasteiger partial charge in [-0.1, -0.05) is 91.1 Å². The van der Waals surface area contributed by atoms with E-state index in [1.54, 1.807) is 0 Å². The Balaban J connectivity index is 1.19. The Bertz CT molecular complexity index is 1470. The van der Waals surface area contributed by atoms with E-state index in [0.717, 1.165) is 32.1 Å². The van der Waals surface area contributed by atoms with Gasteiger partial charge in [-0.2, -0.15) is 0 Å². The fourth-order valence-electron chi connectivity index (χ4n) is 6.28. The third-order valence-corrected chi connectivity index (χ3v) is 8.33. The third kappa shape index (κ3) is 5.77. The molecule has 2 nitrogen and oxygen atoms in total. The second-order valence-electron chi connectivity index (χ2n) is 11.3. The minimum atomic E-state index is 0.321. The summed E-state index contributed by atoms with van der Waals surface area (Å²) in [6.45, 7) is 4.36. The Hall–Kier alpha value is -4.04. The molecule has 0 amide bonds. The molecule has 202 valence electrons. The van der Waals surface area contributed by atoms with Crippen molar-refractivity contribution in [2.24, 2.45) is 5.92 Å². The third-order valence-electron chi connectivity index (χ3n) is 8.33. The fraction of sp³-hybridized carbons (Fsp3) is 0.263. The number of hydrogen-bond acceptors (Lipinski definition) is 2. The first-order valence-electron chi connectivity index (χ1n) is 14.8. The second-order valence-corrected chi connectivity index (χ2v) is 11.3. The van der Waals surface area contributed by atoms with Gasteiger partial charge in [0.15, 0.2) is 0 Å². The van der Waals surface area contributed by atoms with Crippen LogP contribution < -0.4 is 9.80 Å². The molecule has 40 heavy (non-hydrogen) atoms. The highest BCUT2D eigenvalue weighted by Crippen LogP contribution is 2.35. The lowest BCUT2D eigenvalue weighted by Gasteiger charge is -2.36. The summed E-state index contributed by atoms with van der Waals surface area (Å²) in [5.74, 6) is 0.420. The van der Waals surface area contributed by atoms with Crippen LogP contribution in [0.1, 0.15) is 43.2 Å². The maximum absolute atomic E-state index is 2.52. The number of allylic oxidation sites excluding steroid dienone is 10. The summed E-state index contributed by atoms with van der Waals surface area (Å²) in [7, 11) is 0. The smallest absolute Gasteiger partial charge is 0.0559 e. The van der Waals surface area contributed by atoms with Crippen molar-refractivity contribution in [1.29, 1.82) is 0 Å². The van der Waals surface area contributed by atoms with E-state index in [1.807, 2.05) is 0 Å². The van der Waals surface area contributed by atoms with Crippen molar-refractivity contribution in [2.45, 2.75) is 58.0 Å². The molecule has 0 radical (unpaired) electrons. The summed E-state index contributed by atoms with van der Waals surface area (Å²) in [6.07, 6.45) is 35.7. The van der Waals surface area contributed by atoms with Gasteiger partial charge in [0, 0.05) is 28.7 Å². The SMILES string of the molecule is Cc1cccc(N(C2=CCCC=C2)C2C=CC(C3C=CC(N(c4cccc(C)c4)C4C=CC=CC4)=CC3)=CC2)c1. The van der Waals surface area contributed by atoms with Crippen LogP contribution in [0.3, 0.4) is 0 Å². The maximum Gasteiger partial charge on any atom is 0.0559 e. The molecule has 0 N–H and O–H groups in total.